The fourth-order valence-electron chi connectivity index (χ4n) is 2.02. The van der Waals surface area contributed by atoms with Crippen LogP contribution in [-0.4, -0.2) is 37.0 Å². The molecule has 112 valence electrons. The molecule has 5 heteroatoms. The third kappa shape index (κ3) is 5.17. The van der Waals surface area contributed by atoms with E-state index in [2.05, 4.69) is 24.1 Å². The molecular formula is C15H24FN3O. The van der Waals surface area contributed by atoms with Crippen molar-refractivity contribution < 1.29 is 9.18 Å². The smallest absolute Gasteiger partial charge is 0.253 e. The molecule has 20 heavy (non-hydrogen) atoms. The third-order valence-electron chi connectivity index (χ3n) is 3.34. The van der Waals surface area contributed by atoms with Crippen LogP contribution >= 0.6 is 0 Å². The second kappa shape index (κ2) is 8.53. The van der Waals surface area contributed by atoms with Gasteiger partial charge in [-0.05, 0) is 50.7 Å². The van der Waals surface area contributed by atoms with Gasteiger partial charge in [0.2, 0.25) is 0 Å². The van der Waals surface area contributed by atoms with Gasteiger partial charge in [0.1, 0.15) is 5.82 Å². The van der Waals surface area contributed by atoms with E-state index in [1.807, 2.05) is 0 Å². The second-order valence-corrected chi connectivity index (χ2v) is 4.72. The summed E-state index contributed by atoms with van der Waals surface area (Å²) < 4.78 is 13.1. The molecule has 0 heterocycles. The number of amides is 1. The molecule has 0 aliphatic heterocycles. The van der Waals surface area contributed by atoms with Crippen LogP contribution in [0.5, 0.6) is 0 Å². The number of carbonyl (C=O) groups is 1. The molecule has 1 aromatic rings. The minimum absolute atomic E-state index is 0.203. The number of nitrogens with one attached hydrogen (secondary N) is 1. The lowest BCUT2D eigenvalue weighted by atomic mass is 10.1. The number of nitrogen functional groups attached to an aromatic ring is 1. The highest BCUT2D eigenvalue weighted by Gasteiger charge is 2.10. The number of benzene rings is 1. The molecule has 0 bridgehead atoms. The number of halogens is 1. The fourth-order valence-corrected chi connectivity index (χ4v) is 2.02. The van der Waals surface area contributed by atoms with E-state index in [0.29, 0.717) is 12.2 Å². The number of hydrogen-bond donors (Lipinski definition) is 2. The summed E-state index contributed by atoms with van der Waals surface area (Å²) in [6, 6.07) is 3.82. The number of rotatable bonds is 8. The van der Waals surface area contributed by atoms with Gasteiger partial charge in [-0.25, -0.2) is 4.39 Å². The van der Waals surface area contributed by atoms with Gasteiger partial charge in [-0.3, -0.25) is 4.79 Å². The van der Waals surface area contributed by atoms with Crippen LogP contribution < -0.4 is 11.1 Å². The van der Waals surface area contributed by atoms with Crippen molar-refractivity contribution in [2.45, 2.75) is 26.7 Å². The average molecular weight is 281 g/mol. The predicted octanol–water partition coefficient (Wildman–Crippen LogP) is 2.26. The van der Waals surface area contributed by atoms with Gasteiger partial charge in [0.15, 0.2) is 0 Å². The SMILES string of the molecule is CCN(CC)CCCCNC(=O)c1cc(F)ccc1N. The first-order chi connectivity index (χ1) is 9.58. The number of nitrogens with two attached hydrogens (primary N) is 1. The minimum atomic E-state index is -0.453. The number of nitrogens with zero attached hydrogens (tertiary/aromatic N) is 1. The van der Waals surface area contributed by atoms with Crippen LogP contribution in [0, 0.1) is 5.82 Å². The van der Waals surface area contributed by atoms with Crippen LogP contribution in [0.2, 0.25) is 0 Å². The largest absolute Gasteiger partial charge is 0.398 e. The summed E-state index contributed by atoms with van der Waals surface area (Å²) >= 11 is 0. The summed E-state index contributed by atoms with van der Waals surface area (Å²) in [5, 5.41) is 2.77. The summed E-state index contributed by atoms with van der Waals surface area (Å²) in [7, 11) is 0. The van der Waals surface area contributed by atoms with Crippen LogP contribution in [0.15, 0.2) is 18.2 Å². The normalized spacial score (nSPS) is 10.8. The summed E-state index contributed by atoms with van der Waals surface area (Å²) in [5.41, 5.74) is 6.16. The highest BCUT2D eigenvalue weighted by atomic mass is 19.1. The zero-order valence-corrected chi connectivity index (χ0v) is 12.3. The van der Waals surface area contributed by atoms with Crippen LogP contribution in [0.4, 0.5) is 10.1 Å². The van der Waals surface area contributed by atoms with Crippen LogP contribution in [-0.2, 0) is 0 Å². The van der Waals surface area contributed by atoms with Gasteiger partial charge in [0.05, 0.1) is 5.56 Å². The summed E-state index contributed by atoms with van der Waals surface area (Å²) in [4.78, 5) is 14.2. The highest BCUT2D eigenvalue weighted by molar-refractivity contribution is 5.99. The highest BCUT2D eigenvalue weighted by Crippen LogP contribution is 2.12. The van der Waals surface area contributed by atoms with Gasteiger partial charge < -0.3 is 16.0 Å². The Balaban J connectivity index is 2.31. The Morgan fingerprint density at radius 2 is 2.00 bits per heavy atom. The van der Waals surface area contributed by atoms with Crippen molar-refractivity contribution in [3.05, 3.63) is 29.6 Å². The zero-order valence-electron chi connectivity index (χ0n) is 12.3. The lowest BCUT2D eigenvalue weighted by molar-refractivity contribution is 0.0953. The number of unbranched alkanes of at least 4 members (excludes halogenated alkanes) is 1. The number of anilines is 1. The Bertz CT molecular complexity index is 433. The molecular weight excluding hydrogens is 257 g/mol. The molecule has 0 aliphatic carbocycles. The molecule has 0 fully saturated rings. The fraction of sp³-hybridized carbons (Fsp3) is 0.533. The lowest BCUT2D eigenvalue weighted by Crippen LogP contribution is -2.27. The Morgan fingerprint density at radius 1 is 1.30 bits per heavy atom. The van der Waals surface area contributed by atoms with Crippen LogP contribution in [0.25, 0.3) is 0 Å². The third-order valence-corrected chi connectivity index (χ3v) is 3.34. The predicted molar refractivity (Wildman–Crippen MR) is 80.2 cm³/mol. The lowest BCUT2D eigenvalue weighted by Gasteiger charge is -2.17. The molecule has 0 saturated carbocycles. The van der Waals surface area contributed by atoms with E-state index in [-0.39, 0.29) is 11.5 Å². The molecule has 1 rings (SSSR count). The summed E-state index contributed by atoms with van der Waals surface area (Å²) in [5.74, 6) is -0.768. The van der Waals surface area contributed by atoms with Crippen molar-refractivity contribution >= 4 is 11.6 Å². The first-order valence-electron chi connectivity index (χ1n) is 7.14. The molecule has 1 aromatic carbocycles. The van der Waals surface area contributed by atoms with E-state index in [0.717, 1.165) is 32.5 Å². The van der Waals surface area contributed by atoms with Crippen molar-refractivity contribution in [3.8, 4) is 0 Å². The number of hydrogen-bond acceptors (Lipinski definition) is 3. The van der Waals surface area contributed by atoms with Gasteiger partial charge in [0, 0.05) is 12.2 Å². The van der Waals surface area contributed by atoms with Crippen molar-refractivity contribution in [2.75, 3.05) is 31.9 Å². The monoisotopic (exact) mass is 281 g/mol. The van der Waals surface area contributed by atoms with Crippen molar-refractivity contribution in [3.63, 3.8) is 0 Å². The molecule has 0 radical (unpaired) electrons. The topological polar surface area (TPSA) is 58.4 Å². The van der Waals surface area contributed by atoms with E-state index in [9.17, 15) is 9.18 Å². The maximum atomic E-state index is 13.1. The van der Waals surface area contributed by atoms with E-state index < -0.39 is 5.82 Å². The standard InChI is InChI=1S/C15H24FN3O/c1-3-19(4-2)10-6-5-9-18-15(20)13-11-12(16)7-8-14(13)17/h7-8,11H,3-6,9-10,17H2,1-2H3,(H,18,20). The Hall–Kier alpha value is -1.62. The minimum Gasteiger partial charge on any atom is -0.398 e. The van der Waals surface area contributed by atoms with E-state index in [1.54, 1.807) is 0 Å². The Kier molecular flexibility index (Phi) is 7.01. The Labute approximate surface area is 120 Å². The van der Waals surface area contributed by atoms with E-state index >= 15 is 0 Å². The van der Waals surface area contributed by atoms with Gasteiger partial charge in [-0.1, -0.05) is 13.8 Å². The first kappa shape index (κ1) is 16.4. The van der Waals surface area contributed by atoms with Crippen LogP contribution in [0.1, 0.15) is 37.0 Å². The molecule has 0 saturated heterocycles. The molecule has 3 N–H and O–H groups in total. The molecule has 0 aliphatic rings. The average Bonchev–Trinajstić information content (AvgIpc) is 2.45. The van der Waals surface area contributed by atoms with Crippen molar-refractivity contribution in [1.82, 2.24) is 10.2 Å². The van der Waals surface area contributed by atoms with Gasteiger partial charge in [0.25, 0.3) is 5.91 Å². The number of carbonyl (C=O) groups excluding carboxylic acids is 1. The van der Waals surface area contributed by atoms with Gasteiger partial charge in [-0.2, -0.15) is 0 Å². The molecule has 0 atom stereocenters. The molecule has 0 spiro atoms. The molecule has 0 unspecified atom stereocenters. The summed E-state index contributed by atoms with van der Waals surface area (Å²) in [6.07, 6.45) is 1.93. The maximum Gasteiger partial charge on any atom is 0.253 e. The van der Waals surface area contributed by atoms with E-state index in [1.165, 1.54) is 18.2 Å². The maximum absolute atomic E-state index is 13.1. The first-order valence-corrected chi connectivity index (χ1v) is 7.14. The zero-order chi connectivity index (χ0) is 15.0. The van der Waals surface area contributed by atoms with E-state index in [4.69, 9.17) is 5.73 Å². The molecule has 1 amide bonds. The van der Waals surface area contributed by atoms with Crippen LogP contribution in [0.3, 0.4) is 0 Å². The van der Waals surface area contributed by atoms with Gasteiger partial charge >= 0.3 is 0 Å². The summed E-state index contributed by atoms with van der Waals surface area (Å²) in [6.45, 7) is 7.97. The van der Waals surface area contributed by atoms with Crippen molar-refractivity contribution in [1.29, 1.82) is 0 Å². The second-order valence-electron chi connectivity index (χ2n) is 4.72. The Morgan fingerprint density at radius 3 is 2.65 bits per heavy atom. The van der Waals surface area contributed by atoms with Crippen molar-refractivity contribution in [2.24, 2.45) is 0 Å². The van der Waals surface area contributed by atoms with Gasteiger partial charge in [-0.15, -0.1) is 0 Å². The molecule has 4 nitrogen and oxygen atoms in total. The molecule has 0 aromatic heterocycles. The quantitative estimate of drug-likeness (QED) is 0.567.